The van der Waals surface area contributed by atoms with Gasteiger partial charge in [-0.2, -0.15) is 0 Å². The van der Waals surface area contributed by atoms with Gasteiger partial charge in [0.05, 0.1) is 23.5 Å². The SMILES string of the molecule is CCOc1cc(NC(=O)c2cccc([N+](=O)[O-])c2)ccc1NS(C)(=O)=O. The zero-order valence-corrected chi connectivity index (χ0v) is 14.9. The maximum atomic E-state index is 12.3. The van der Waals surface area contributed by atoms with Gasteiger partial charge in [0, 0.05) is 29.4 Å². The van der Waals surface area contributed by atoms with Gasteiger partial charge in [-0.15, -0.1) is 0 Å². The number of nitrogens with zero attached hydrogens (tertiary/aromatic N) is 1. The Morgan fingerprint density at radius 1 is 1.23 bits per heavy atom. The third-order valence-electron chi connectivity index (χ3n) is 3.15. The van der Waals surface area contributed by atoms with Crippen molar-refractivity contribution in [2.45, 2.75) is 6.92 Å². The first kappa shape index (κ1) is 19.2. The number of benzene rings is 2. The monoisotopic (exact) mass is 379 g/mol. The van der Waals surface area contributed by atoms with Gasteiger partial charge in [-0.05, 0) is 25.1 Å². The van der Waals surface area contributed by atoms with E-state index >= 15 is 0 Å². The molecule has 0 saturated heterocycles. The Bertz CT molecular complexity index is 943. The average molecular weight is 379 g/mol. The number of carbonyl (C=O) groups excluding carboxylic acids is 1. The Labute approximate surface area is 150 Å². The van der Waals surface area contributed by atoms with Crippen LogP contribution >= 0.6 is 0 Å². The number of ether oxygens (including phenoxy) is 1. The summed E-state index contributed by atoms with van der Waals surface area (Å²) < 4.78 is 30.5. The molecule has 0 atom stereocenters. The summed E-state index contributed by atoms with van der Waals surface area (Å²) >= 11 is 0. The van der Waals surface area contributed by atoms with Gasteiger partial charge in [0.1, 0.15) is 5.75 Å². The molecule has 0 aromatic heterocycles. The Kier molecular flexibility index (Phi) is 5.78. The van der Waals surface area contributed by atoms with E-state index in [9.17, 15) is 23.3 Å². The number of nitrogens with one attached hydrogen (secondary N) is 2. The third kappa shape index (κ3) is 5.18. The number of nitro groups is 1. The van der Waals surface area contributed by atoms with Gasteiger partial charge >= 0.3 is 0 Å². The molecule has 0 aliphatic rings. The molecule has 2 aromatic carbocycles. The fourth-order valence-electron chi connectivity index (χ4n) is 2.12. The molecule has 2 aromatic rings. The summed E-state index contributed by atoms with van der Waals surface area (Å²) in [6, 6.07) is 9.73. The van der Waals surface area contributed by atoms with E-state index < -0.39 is 20.9 Å². The first-order valence-electron chi connectivity index (χ1n) is 7.50. The van der Waals surface area contributed by atoms with Crippen LogP contribution in [0, 0.1) is 10.1 Å². The maximum absolute atomic E-state index is 12.3. The molecule has 0 bridgehead atoms. The van der Waals surface area contributed by atoms with Crippen LogP contribution in [0.15, 0.2) is 42.5 Å². The smallest absolute Gasteiger partial charge is 0.270 e. The predicted molar refractivity (Wildman–Crippen MR) is 97.1 cm³/mol. The highest BCUT2D eigenvalue weighted by atomic mass is 32.2. The maximum Gasteiger partial charge on any atom is 0.270 e. The molecule has 0 aliphatic heterocycles. The lowest BCUT2D eigenvalue weighted by atomic mass is 10.2. The van der Waals surface area contributed by atoms with E-state index in [-0.39, 0.29) is 22.7 Å². The Morgan fingerprint density at radius 2 is 1.96 bits per heavy atom. The van der Waals surface area contributed by atoms with Gasteiger partial charge in [0.25, 0.3) is 11.6 Å². The number of carbonyl (C=O) groups is 1. The van der Waals surface area contributed by atoms with Crippen LogP contribution in [-0.4, -0.2) is 32.1 Å². The minimum Gasteiger partial charge on any atom is -0.492 e. The molecule has 0 saturated carbocycles. The van der Waals surface area contributed by atoms with E-state index in [2.05, 4.69) is 10.0 Å². The van der Waals surface area contributed by atoms with Crippen LogP contribution in [0.1, 0.15) is 17.3 Å². The fourth-order valence-corrected chi connectivity index (χ4v) is 2.69. The van der Waals surface area contributed by atoms with Crippen molar-refractivity contribution in [3.05, 3.63) is 58.1 Å². The Balaban J connectivity index is 2.26. The number of hydrogen-bond acceptors (Lipinski definition) is 6. The quantitative estimate of drug-likeness (QED) is 0.562. The van der Waals surface area contributed by atoms with Crippen molar-refractivity contribution < 1.29 is 22.9 Å². The molecule has 0 aliphatic carbocycles. The van der Waals surface area contributed by atoms with Crippen molar-refractivity contribution in [2.75, 3.05) is 22.9 Å². The standard InChI is InChI=1S/C16H17N3O6S/c1-3-25-15-10-12(7-8-14(15)18-26(2,23)24)17-16(20)11-5-4-6-13(9-11)19(21)22/h4-10,18H,3H2,1-2H3,(H,17,20). The Hall–Kier alpha value is -3.14. The van der Waals surface area contributed by atoms with E-state index in [0.717, 1.165) is 6.26 Å². The second kappa shape index (κ2) is 7.83. The minimum absolute atomic E-state index is 0.121. The summed E-state index contributed by atoms with van der Waals surface area (Å²) in [4.78, 5) is 22.5. The summed E-state index contributed by atoms with van der Waals surface area (Å²) in [5, 5.41) is 13.4. The number of hydrogen-bond donors (Lipinski definition) is 2. The zero-order chi connectivity index (χ0) is 19.3. The van der Waals surface area contributed by atoms with Gasteiger partial charge in [-0.1, -0.05) is 6.07 Å². The molecule has 10 heteroatoms. The summed E-state index contributed by atoms with van der Waals surface area (Å²) in [6.45, 7) is 2.03. The molecule has 0 radical (unpaired) electrons. The molecule has 9 nitrogen and oxygen atoms in total. The van der Waals surface area contributed by atoms with Gasteiger partial charge in [-0.25, -0.2) is 8.42 Å². The number of nitro benzene ring substituents is 1. The lowest BCUT2D eigenvalue weighted by Gasteiger charge is -2.13. The van der Waals surface area contributed by atoms with Crippen molar-refractivity contribution in [1.29, 1.82) is 0 Å². The van der Waals surface area contributed by atoms with Crippen LogP contribution in [-0.2, 0) is 10.0 Å². The molecular weight excluding hydrogens is 362 g/mol. The van der Waals surface area contributed by atoms with E-state index in [1.165, 1.54) is 42.5 Å². The molecule has 0 unspecified atom stereocenters. The highest BCUT2D eigenvalue weighted by Crippen LogP contribution is 2.29. The molecular formula is C16H17N3O6S. The van der Waals surface area contributed by atoms with Gasteiger partial charge in [0.15, 0.2) is 0 Å². The summed E-state index contributed by atoms with van der Waals surface area (Å²) in [5.74, 6) is -0.297. The van der Waals surface area contributed by atoms with Crippen molar-refractivity contribution in [3.63, 3.8) is 0 Å². The van der Waals surface area contributed by atoms with Crippen molar-refractivity contribution >= 4 is 33.0 Å². The second-order valence-electron chi connectivity index (χ2n) is 5.28. The fraction of sp³-hybridized carbons (Fsp3) is 0.188. The molecule has 0 fully saturated rings. The molecule has 2 rings (SSSR count). The highest BCUT2D eigenvalue weighted by Gasteiger charge is 2.14. The largest absolute Gasteiger partial charge is 0.492 e. The van der Waals surface area contributed by atoms with Crippen molar-refractivity contribution in [3.8, 4) is 5.75 Å². The first-order chi connectivity index (χ1) is 12.2. The minimum atomic E-state index is -3.49. The van der Waals surface area contributed by atoms with Crippen LogP contribution in [0.25, 0.3) is 0 Å². The summed E-state index contributed by atoms with van der Waals surface area (Å²) in [5.41, 5.74) is 0.516. The lowest BCUT2D eigenvalue weighted by Crippen LogP contribution is -2.14. The molecule has 1 amide bonds. The summed E-state index contributed by atoms with van der Waals surface area (Å²) in [7, 11) is -3.49. The zero-order valence-electron chi connectivity index (χ0n) is 14.1. The van der Waals surface area contributed by atoms with Gasteiger partial charge in [-0.3, -0.25) is 19.6 Å². The molecule has 2 N–H and O–H groups in total. The third-order valence-corrected chi connectivity index (χ3v) is 3.74. The Morgan fingerprint density at radius 3 is 2.58 bits per heavy atom. The topological polar surface area (TPSA) is 128 Å². The van der Waals surface area contributed by atoms with E-state index in [1.54, 1.807) is 6.92 Å². The normalized spacial score (nSPS) is 10.8. The van der Waals surface area contributed by atoms with Gasteiger partial charge in [0.2, 0.25) is 10.0 Å². The number of non-ortho nitro benzene ring substituents is 1. The van der Waals surface area contributed by atoms with Crippen LogP contribution in [0.2, 0.25) is 0 Å². The van der Waals surface area contributed by atoms with Crippen molar-refractivity contribution in [2.24, 2.45) is 0 Å². The van der Waals surface area contributed by atoms with Crippen LogP contribution in [0.5, 0.6) is 5.75 Å². The predicted octanol–water partition coefficient (Wildman–Crippen LogP) is 2.62. The molecule has 138 valence electrons. The van der Waals surface area contributed by atoms with Crippen LogP contribution < -0.4 is 14.8 Å². The second-order valence-corrected chi connectivity index (χ2v) is 7.03. The van der Waals surface area contributed by atoms with Crippen molar-refractivity contribution in [1.82, 2.24) is 0 Å². The van der Waals surface area contributed by atoms with Gasteiger partial charge < -0.3 is 10.1 Å². The number of rotatable bonds is 7. The molecule has 0 spiro atoms. The average Bonchev–Trinajstić information content (AvgIpc) is 2.56. The molecule has 0 heterocycles. The molecule has 26 heavy (non-hydrogen) atoms. The summed E-state index contributed by atoms with van der Waals surface area (Å²) in [6.07, 6.45) is 1.01. The van der Waals surface area contributed by atoms with E-state index in [4.69, 9.17) is 4.74 Å². The highest BCUT2D eigenvalue weighted by molar-refractivity contribution is 7.92. The first-order valence-corrected chi connectivity index (χ1v) is 9.39. The number of amides is 1. The number of sulfonamides is 1. The van der Waals surface area contributed by atoms with E-state index in [1.807, 2.05) is 0 Å². The van der Waals surface area contributed by atoms with Crippen LogP contribution in [0.4, 0.5) is 17.1 Å². The van der Waals surface area contributed by atoms with E-state index in [0.29, 0.717) is 12.3 Å². The lowest BCUT2D eigenvalue weighted by molar-refractivity contribution is -0.384. The number of anilines is 2. The van der Waals surface area contributed by atoms with Crippen LogP contribution in [0.3, 0.4) is 0 Å².